The number of rotatable bonds is 5. The van der Waals surface area contributed by atoms with Gasteiger partial charge in [0.05, 0.1) is 20.1 Å². The topological polar surface area (TPSA) is 42.0 Å². The molecule has 5 nitrogen and oxygen atoms in total. The molecular formula is C19H28N2O3. The number of carbonyl (C=O) groups excluding carboxylic acids is 1. The van der Waals surface area contributed by atoms with E-state index in [1.165, 1.54) is 0 Å². The van der Waals surface area contributed by atoms with Crippen LogP contribution >= 0.6 is 0 Å². The molecule has 1 aromatic carbocycles. The molecule has 0 unspecified atom stereocenters. The van der Waals surface area contributed by atoms with Gasteiger partial charge in [-0.25, -0.2) is 0 Å². The first-order valence-electron chi connectivity index (χ1n) is 8.64. The highest BCUT2D eigenvalue weighted by atomic mass is 16.5. The van der Waals surface area contributed by atoms with E-state index in [0.717, 1.165) is 50.5 Å². The third-order valence-electron chi connectivity index (χ3n) is 5.60. The van der Waals surface area contributed by atoms with Gasteiger partial charge in [-0.15, -0.1) is 0 Å². The van der Waals surface area contributed by atoms with Gasteiger partial charge in [-0.05, 0) is 31.2 Å². The Morgan fingerprint density at radius 3 is 2.67 bits per heavy atom. The molecule has 2 fully saturated rings. The van der Waals surface area contributed by atoms with Gasteiger partial charge in [0, 0.05) is 44.6 Å². The standard InChI is InChI=1S/C19H28N2O3/c1-20-11-16(12-23-2)19(13-20)8-9-21(14-19)18(22)10-15-4-6-17(24-3)7-5-15/h4-7,16H,8-14H2,1-3H3/t16-,19-/m0/s1. The number of carbonyl (C=O) groups is 1. The number of methoxy groups -OCH3 is 2. The Balaban J connectivity index is 1.62. The molecule has 0 radical (unpaired) electrons. The molecule has 1 spiro atoms. The second-order valence-electron chi connectivity index (χ2n) is 7.30. The molecule has 0 saturated carbocycles. The maximum absolute atomic E-state index is 12.7. The first-order valence-corrected chi connectivity index (χ1v) is 8.64. The van der Waals surface area contributed by atoms with Crippen LogP contribution in [0.5, 0.6) is 5.75 Å². The zero-order valence-electron chi connectivity index (χ0n) is 15.0. The summed E-state index contributed by atoms with van der Waals surface area (Å²) >= 11 is 0. The Kier molecular flexibility index (Phi) is 5.11. The first kappa shape index (κ1) is 17.2. The van der Waals surface area contributed by atoms with Gasteiger partial charge in [0.25, 0.3) is 0 Å². The van der Waals surface area contributed by atoms with Crippen LogP contribution in [0.15, 0.2) is 24.3 Å². The van der Waals surface area contributed by atoms with E-state index in [0.29, 0.717) is 12.3 Å². The minimum Gasteiger partial charge on any atom is -0.497 e. The van der Waals surface area contributed by atoms with Crippen molar-refractivity contribution in [3.63, 3.8) is 0 Å². The molecule has 2 aliphatic heterocycles. The van der Waals surface area contributed by atoms with Gasteiger partial charge in [-0.3, -0.25) is 4.79 Å². The first-order chi connectivity index (χ1) is 11.6. The lowest BCUT2D eigenvalue weighted by atomic mass is 9.77. The molecule has 1 aromatic rings. The van der Waals surface area contributed by atoms with Crippen LogP contribution in [0.1, 0.15) is 12.0 Å². The van der Waals surface area contributed by atoms with Crippen LogP contribution in [0.2, 0.25) is 0 Å². The average molecular weight is 332 g/mol. The van der Waals surface area contributed by atoms with Crippen LogP contribution in [0.25, 0.3) is 0 Å². The largest absolute Gasteiger partial charge is 0.497 e. The quantitative estimate of drug-likeness (QED) is 0.822. The van der Waals surface area contributed by atoms with Crippen LogP contribution in [0.4, 0.5) is 0 Å². The van der Waals surface area contributed by atoms with Crippen molar-refractivity contribution < 1.29 is 14.3 Å². The summed E-state index contributed by atoms with van der Waals surface area (Å²) in [6.07, 6.45) is 1.55. The van der Waals surface area contributed by atoms with Crippen molar-refractivity contribution in [2.75, 3.05) is 54.1 Å². The second-order valence-corrected chi connectivity index (χ2v) is 7.30. The Hall–Kier alpha value is -1.59. The zero-order valence-corrected chi connectivity index (χ0v) is 15.0. The molecule has 2 saturated heterocycles. The van der Waals surface area contributed by atoms with Crippen LogP contribution in [-0.4, -0.2) is 69.8 Å². The van der Waals surface area contributed by atoms with E-state index < -0.39 is 0 Å². The average Bonchev–Trinajstić information content (AvgIpc) is 3.13. The fourth-order valence-corrected chi connectivity index (χ4v) is 4.33. The van der Waals surface area contributed by atoms with Gasteiger partial charge in [-0.2, -0.15) is 0 Å². The van der Waals surface area contributed by atoms with Crippen molar-refractivity contribution in [3.05, 3.63) is 29.8 Å². The van der Waals surface area contributed by atoms with Gasteiger partial charge in [0.15, 0.2) is 0 Å². The molecule has 24 heavy (non-hydrogen) atoms. The second kappa shape index (κ2) is 7.11. The predicted molar refractivity (Wildman–Crippen MR) is 93.2 cm³/mol. The summed E-state index contributed by atoms with van der Waals surface area (Å²) in [5, 5.41) is 0. The van der Waals surface area contributed by atoms with Crippen molar-refractivity contribution in [2.24, 2.45) is 11.3 Å². The third-order valence-corrected chi connectivity index (χ3v) is 5.60. The molecule has 2 aliphatic rings. The van der Waals surface area contributed by atoms with E-state index in [1.807, 2.05) is 29.2 Å². The summed E-state index contributed by atoms with van der Waals surface area (Å²) in [7, 11) is 5.59. The number of benzene rings is 1. The molecule has 2 atom stereocenters. The van der Waals surface area contributed by atoms with Crippen molar-refractivity contribution in [1.29, 1.82) is 0 Å². The minimum absolute atomic E-state index is 0.209. The molecule has 5 heteroatoms. The minimum atomic E-state index is 0.209. The van der Waals surface area contributed by atoms with Crippen molar-refractivity contribution in [2.45, 2.75) is 12.8 Å². The van der Waals surface area contributed by atoms with Gasteiger partial charge >= 0.3 is 0 Å². The van der Waals surface area contributed by atoms with E-state index in [-0.39, 0.29) is 11.3 Å². The van der Waals surface area contributed by atoms with Crippen LogP contribution < -0.4 is 4.74 Å². The molecule has 132 valence electrons. The van der Waals surface area contributed by atoms with E-state index in [4.69, 9.17) is 9.47 Å². The molecule has 0 bridgehead atoms. The summed E-state index contributed by atoms with van der Waals surface area (Å²) in [6.45, 7) is 4.63. The molecule has 0 aliphatic carbocycles. The van der Waals surface area contributed by atoms with Gasteiger partial charge < -0.3 is 19.3 Å². The van der Waals surface area contributed by atoms with Gasteiger partial charge in [-0.1, -0.05) is 12.1 Å². The number of ether oxygens (including phenoxy) is 2. The van der Waals surface area contributed by atoms with Crippen molar-refractivity contribution in [3.8, 4) is 5.75 Å². The fraction of sp³-hybridized carbons (Fsp3) is 0.632. The number of hydrogen-bond acceptors (Lipinski definition) is 4. The summed E-state index contributed by atoms with van der Waals surface area (Å²) < 4.78 is 10.6. The number of hydrogen-bond donors (Lipinski definition) is 0. The fourth-order valence-electron chi connectivity index (χ4n) is 4.33. The van der Waals surface area contributed by atoms with Crippen molar-refractivity contribution >= 4 is 5.91 Å². The highest BCUT2D eigenvalue weighted by molar-refractivity contribution is 5.79. The van der Waals surface area contributed by atoms with Crippen LogP contribution in [-0.2, 0) is 16.0 Å². The zero-order chi connectivity index (χ0) is 17.2. The predicted octanol–water partition coefficient (Wildman–Crippen LogP) is 1.66. The number of likely N-dealkylation sites (tertiary alicyclic amines) is 2. The molecule has 2 heterocycles. The molecule has 0 N–H and O–H groups in total. The van der Waals surface area contributed by atoms with Gasteiger partial charge in [0.2, 0.25) is 5.91 Å². The maximum atomic E-state index is 12.7. The highest BCUT2D eigenvalue weighted by Crippen LogP contribution is 2.43. The Bertz CT molecular complexity index is 574. The molecule has 0 aromatic heterocycles. The smallest absolute Gasteiger partial charge is 0.227 e. The van der Waals surface area contributed by atoms with E-state index in [9.17, 15) is 4.79 Å². The molecule has 3 rings (SSSR count). The molecular weight excluding hydrogens is 304 g/mol. The van der Waals surface area contributed by atoms with Crippen LogP contribution in [0, 0.1) is 11.3 Å². The lowest BCUT2D eigenvalue weighted by molar-refractivity contribution is -0.130. The van der Waals surface area contributed by atoms with Crippen LogP contribution in [0.3, 0.4) is 0 Å². The van der Waals surface area contributed by atoms with Crippen molar-refractivity contribution in [1.82, 2.24) is 9.80 Å². The van der Waals surface area contributed by atoms with E-state index in [2.05, 4.69) is 11.9 Å². The van der Waals surface area contributed by atoms with Gasteiger partial charge in [0.1, 0.15) is 5.75 Å². The highest BCUT2D eigenvalue weighted by Gasteiger charge is 2.50. The Morgan fingerprint density at radius 1 is 1.25 bits per heavy atom. The Morgan fingerprint density at radius 2 is 2.00 bits per heavy atom. The van der Waals surface area contributed by atoms with E-state index >= 15 is 0 Å². The summed E-state index contributed by atoms with van der Waals surface area (Å²) in [5.74, 6) is 1.57. The lowest BCUT2D eigenvalue weighted by Crippen LogP contribution is -2.38. The summed E-state index contributed by atoms with van der Waals surface area (Å²) in [5.41, 5.74) is 1.25. The number of nitrogens with zero attached hydrogens (tertiary/aromatic N) is 2. The lowest BCUT2D eigenvalue weighted by Gasteiger charge is -2.30. The normalized spacial score (nSPS) is 27.1. The SMILES string of the molecule is COC[C@@H]1CN(C)C[C@]12CCN(C(=O)Cc1ccc(OC)cc1)C2. The third kappa shape index (κ3) is 3.42. The maximum Gasteiger partial charge on any atom is 0.227 e. The summed E-state index contributed by atoms with van der Waals surface area (Å²) in [4.78, 5) is 17.1. The Labute approximate surface area is 144 Å². The van der Waals surface area contributed by atoms with E-state index in [1.54, 1.807) is 14.2 Å². The number of amides is 1. The monoisotopic (exact) mass is 332 g/mol. The molecule has 1 amide bonds. The summed E-state index contributed by atoms with van der Waals surface area (Å²) in [6, 6.07) is 7.77.